The molecule has 148 valence electrons. The van der Waals surface area contributed by atoms with E-state index >= 15 is 0 Å². The number of hydrogen-bond acceptors (Lipinski definition) is 2. The van der Waals surface area contributed by atoms with Crippen LogP contribution in [0.25, 0.3) is 22.5 Å². The molecule has 0 atom stereocenters. The third-order valence-corrected chi connectivity index (χ3v) is 4.29. The van der Waals surface area contributed by atoms with Gasteiger partial charge in [-0.05, 0) is 53.7 Å². The van der Waals surface area contributed by atoms with Crippen LogP contribution >= 0.6 is 22.6 Å². The molecule has 0 spiro atoms. The van der Waals surface area contributed by atoms with Crippen LogP contribution in [0.2, 0.25) is 0 Å². The molecule has 4 aromatic rings. The van der Waals surface area contributed by atoms with Crippen molar-refractivity contribution in [2.24, 2.45) is 0 Å². The average molecular weight is 494 g/mol. The van der Waals surface area contributed by atoms with Crippen LogP contribution < -0.4 is 0 Å². The Morgan fingerprint density at radius 2 is 1.14 bits per heavy atom. The van der Waals surface area contributed by atoms with Crippen molar-refractivity contribution in [3.05, 3.63) is 108 Å². The molecule has 0 aliphatic rings. The van der Waals surface area contributed by atoms with Crippen molar-refractivity contribution in [1.29, 1.82) is 0 Å². The lowest BCUT2D eigenvalue weighted by atomic mass is 10.1. The predicted octanol–water partition coefficient (Wildman–Crippen LogP) is 7.42. The molecule has 0 radical (unpaired) electrons. The highest BCUT2D eigenvalue weighted by Crippen LogP contribution is 2.17. The minimum Gasteiger partial charge on any atom is -0.256 e. The van der Waals surface area contributed by atoms with E-state index in [9.17, 15) is 0 Å². The lowest BCUT2D eigenvalue weighted by Crippen LogP contribution is -1.86. The fourth-order valence-corrected chi connectivity index (χ4v) is 2.76. The van der Waals surface area contributed by atoms with Crippen LogP contribution in [0.1, 0.15) is 18.1 Å². The van der Waals surface area contributed by atoms with Crippen LogP contribution in [0.3, 0.4) is 0 Å². The molecule has 0 aliphatic heterocycles. The molecule has 2 heterocycles. The maximum absolute atomic E-state index is 4.36. The minimum atomic E-state index is 1.04. The van der Waals surface area contributed by atoms with E-state index in [4.69, 9.17) is 0 Å². The highest BCUT2D eigenvalue weighted by molar-refractivity contribution is 14.1. The van der Waals surface area contributed by atoms with Crippen molar-refractivity contribution in [2.75, 3.05) is 4.93 Å². The first-order chi connectivity index (χ1) is 14.3. The molecule has 4 rings (SSSR count). The van der Waals surface area contributed by atoms with Crippen LogP contribution in [-0.2, 0) is 6.42 Å². The Morgan fingerprint density at radius 1 is 0.655 bits per heavy atom. The molecule has 0 N–H and O–H groups in total. The normalized spacial score (nSPS) is 9.52. The summed E-state index contributed by atoms with van der Waals surface area (Å²) in [6, 6.07) is 28.8. The van der Waals surface area contributed by atoms with Crippen molar-refractivity contribution in [3.8, 4) is 22.5 Å². The molecule has 3 heteroatoms. The highest BCUT2D eigenvalue weighted by Gasteiger charge is 1.98. The molecule has 2 aromatic heterocycles. The molecule has 29 heavy (non-hydrogen) atoms. The summed E-state index contributed by atoms with van der Waals surface area (Å²) in [5.74, 6) is 0. The van der Waals surface area contributed by atoms with Crippen LogP contribution in [-0.4, -0.2) is 14.9 Å². The van der Waals surface area contributed by atoms with Gasteiger partial charge in [0.15, 0.2) is 0 Å². The van der Waals surface area contributed by atoms with Crippen LogP contribution in [0.5, 0.6) is 0 Å². The summed E-state index contributed by atoms with van der Waals surface area (Å²) in [6.07, 6.45) is 4.78. The molecular formula is C26H27IN2. The van der Waals surface area contributed by atoms with Crippen molar-refractivity contribution >= 4 is 22.6 Å². The average Bonchev–Trinajstić information content (AvgIpc) is 2.82. The molecule has 0 unspecified atom stereocenters. The minimum absolute atomic E-state index is 1.04. The number of pyridine rings is 2. The Balaban J connectivity index is 0.000000191. The van der Waals surface area contributed by atoms with Gasteiger partial charge >= 0.3 is 0 Å². The lowest BCUT2D eigenvalue weighted by molar-refractivity contribution is 1.12. The maximum Gasteiger partial charge on any atom is 0.0704 e. The van der Waals surface area contributed by atoms with Gasteiger partial charge in [0.2, 0.25) is 0 Å². The Labute approximate surface area is 188 Å². The topological polar surface area (TPSA) is 25.8 Å². The zero-order chi connectivity index (χ0) is 20.9. The second-order valence-corrected chi connectivity index (χ2v) is 6.35. The van der Waals surface area contributed by atoms with Gasteiger partial charge in [0.05, 0.1) is 11.4 Å². The predicted molar refractivity (Wildman–Crippen MR) is 133 cm³/mol. The van der Waals surface area contributed by atoms with Gasteiger partial charge in [-0.15, -0.1) is 0 Å². The summed E-state index contributed by atoms with van der Waals surface area (Å²) < 4.78 is 0. The van der Waals surface area contributed by atoms with Gasteiger partial charge in [0, 0.05) is 23.5 Å². The van der Waals surface area contributed by atoms with E-state index in [2.05, 4.69) is 88.9 Å². The first-order valence-electron chi connectivity index (χ1n) is 9.62. The molecule has 0 saturated heterocycles. The Bertz CT molecular complexity index is 970. The molecule has 0 aliphatic carbocycles. The summed E-state index contributed by atoms with van der Waals surface area (Å²) in [7, 11) is 0. The smallest absolute Gasteiger partial charge is 0.0704 e. The van der Waals surface area contributed by atoms with Gasteiger partial charge in [-0.1, -0.05) is 90.2 Å². The van der Waals surface area contributed by atoms with Crippen LogP contribution in [0.4, 0.5) is 0 Å². The van der Waals surface area contributed by atoms with E-state index in [0.717, 1.165) is 17.8 Å². The number of halogens is 1. The number of aromatic nitrogens is 2. The van der Waals surface area contributed by atoms with E-state index in [-0.39, 0.29) is 0 Å². The summed E-state index contributed by atoms with van der Waals surface area (Å²) in [4.78, 5) is 10.6. The van der Waals surface area contributed by atoms with Gasteiger partial charge in [-0.25, -0.2) is 0 Å². The second-order valence-electron chi connectivity index (χ2n) is 6.35. The van der Waals surface area contributed by atoms with E-state index in [1.807, 2.05) is 59.8 Å². The van der Waals surface area contributed by atoms with Crippen LogP contribution in [0, 0.1) is 6.92 Å². The Morgan fingerprint density at radius 3 is 1.62 bits per heavy atom. The number of hydrogen-bond donors (Lipinski definition) is 0. The largest absolute Gasteiger partial charge is 0.256 e. The standard InChI is InChI=1S/C13H13N.C12H11N.CH3I/c1-2-11-8-9-14-13(10-11)12-6-4-3-5-7-12;1-10-7-8-13-12(9-10)11-5-3-2-4-6-11;1-2/h3-10H,2H2,1H3;2-9H,1H3;1H3. The van der Waals surface area contributed by atoms with Gasteiger partial charge in [0.25, 0.3) is 0 Å². The van der Waals surface area contributed by atoms with E-state index < -0.39 is 0 Å². The lowest BCUT2D eigenvalue weighted by Gasteiger charge is -2.02. The SMILES string of the molecule is CCc1ccnc(-c2ccccc2)c1.CI.Cc1ccnc(-c2ccccc2)c1. The van der Waals surface area contributed by atoms with Gasteiger partial charge in [-0.2, -0.15) is 0 Å². The van der Waals surface area contributed by atoms with Gasteiger partial charge in [-0.3, -0.25) is 9.97 Å². The third kappa shape index (κ3) is 7.42. The van der Waals surface area contributed by atoms with Crippen LogP contribution in [0.15, 0.2) is 97.3 Å². The molecule has 0 bridgehead atoms. The Kier molecular flexibility index (Phi) is 10.1. The third-order valence-electron chi connectivity index (χ3n) is 4.29. The van der Waals surface area contributed by atoms with Crippen molar-refractivity contribution < 1.29 is 0 Å². The molecule has 2 nitrogen and oxygen atoms in total. The van der Waals surface area contributed by atoms with Gasteiger partial charge in [0.1, 0.15) is 0 Å². The quantitative estimate of drug-likeness (QED) is 0.219. The zero-order valence-electron chi connectivity index (χ0n) is 17.2. The molecule has 2 aromatic carbocycles. The second kappa shape index (κ2) is 12.8. The summed E-state index contributed by atoms with van der Waals surface area (Å²) in [5.41, 5.74) is 7.03. The first kappa shape index (κ1) is 22.8. The fourth-order valence-electron chi connectivity index (χ4n) is 2.76. The number of aryl methyl sites for hydroxylation is 2. The molecule has 0 amide bonds. The van der Waals surface area contributed by atoms with Crippen molar-refractivity contribution in [2.45, 2.75) is 20.3 Å². The zero-order valence-corrected chi connectivity index (χ0v) is 19.4. The highest BCUT2D eigenvalue weighted by atomic mass is 127. The number of nitrogens with zero attached hydrogens (tertiary/aromatic N) is 2. The van der Waals surface area contributed by atoms with Crippen molar-refractivity contribution in [1.82, 2.24) is 9.97 Å². The summed E-state index contributed by atoms with van der Waals surface area (Å²) in [5, 5.41) is 0. The van der Waals surface area contributed by atoms with Crippen molar-refractivity contribution in [3.63, 3.8) is 0 Å². The number of alkyl halides is 1. The summed E-state index contributed by atoms with van der Waals surface area (Å²) in [6.45, 7) is 4.23. The fraction of sp³-hybridized carbons (Fsp3) is 0.154. The summed E-state index contributed by atoms with van der Waals surface area (Å²) >= 11 is 2.15. The molecular weight excluding hydrogens is 467 g/mol. The van der Waals surface area contributed by atoms with Gasteiger partial charge < -0.3 is 0 Å². The monoisotopic (exact) mass is 494 g/mol. The number of rotatable bonds is 3. The first-order valence-corrected chi connectivity index (χ1v) is 11.8. The molecule has 0 fully saturated rings. The number of benzene rings is 2. The van der Waals surface area contributed by atoms with E-state index in [1.54, 1.807) is 0 Å². The van der Waals surface area contributed by atoms with E-state index in [1.165, 1.54) is 22.3 Å². The van der Waals surface area contributed by atoms with E-state index in [0.29, 0.717) is 0 Å². The Hall–Kier alpha value is -2.53. The molecule has 0 saturated carbocycles. The maximum atomic E-state index is 4.36.